The van der Waals surface area contributed by atoms with Crippen molar-refractivity contribution in [1.82, 2.24) is 0 Å². The van der Waals surface area contributed by atoms with Crippen molar-refractivity contribution in [2.45, 2.75) is 46.0 Å². The summed E-state index contributed by atoms with van der Waals surface area (Å²) in [5.41, 5.74) is 7.72. The van der Waals surface area contributed by atoms with Crippen molar-refractivity contribution in [3.8, 4) is 5.75 Å². The largest absolute Gasteiger partial charge is 0.507 e. The van der Waals surface area contributed by atoms with E-state index < -0.39 is 0 Å². The molecule has 4 saturated carbocycles. The van der Waals surface area contributed by atoms with Crippen LogP contribution in [-0.2, 0) is 0 Å². The molecule has 4 aliphatic carbocycles. The first-order chi connectivity index (χ1) is 13.0. The SMILES string of the molecule is Cc1cc(C(c2ccc(Br)cc2)=C2[C@H]3CC4CC(C3)C[C@@H]2C4)cc(C)c1O. The maximum absolute atomic E-state index is 10.3. The molecule has 1 N–H and O–H groups in total. The van der Waals surface area contributed by atoms with E-state index in [0.29, 0.717) is 5.75 Å². The molecule has 4 aliphatic rings. The molecule has 0 saturated heterocycles. The second kappa shape index (κ2) is 6.51. The van der Waals surface area contributed by atoms with Crippen LogP contribution in [-0.4, -0.2) is 5.11 Å². The van der Waals surface area contributed by atoms with Crippen LogP contribution >= 0.6 is 15.9 Å². The molecule has 140 valence electrons. The summed E-state index contributed by atoms with van der Waals surface area (Å²) in [6.07, 6.45) is 7.03. The molecule has 2 heteroatoms. The van der Waals surface area contributed by atoms with Gasteiger partial charge >= 0.3 is 0 Å². The van der Waals surface area contributed by atoms with Crippen molar-refractivity contribution in [3.63, 3.8) is 0 Å². The molecule has 27 heavy (non-hydrogen) atoms. The molecule has 6 rings (SSSR count). The van der Waals surface area contributed by atoms with Gasteiger partial charge in [0.1, 0.15) is 5.75 Å². The average molecular weight is 423 g/mol. The van der Waals surface area contributed by atoms with Crippen molar-refractivity contribution < 1.29 is 5.11 Å². The first-order valence-electron chi connectivity index (χ1n) is 10.3. The van der Waals surface area contributed by atoms with Gasteiger partial charge < -0.3 is 5.11 Å². The zero-order valence-corrected chi connectivity index (χ0v) is 17.7. The van der Waals surface area contributed by atoms with Gasteiger partial charge in [0.25, 0.3) is 0 Å². The van der Waals surface area contributed by atoms with Crippen molar-refractivity contribution in [1.29, 1.82) is 0 Å². The molecule has 2 aromatic rings. The van der Waals surface area contributed by atoms with E-state index in [2.05, 4.69) is 52.3 Å². The summed E-state index contributed by atoms with van der Waals surface area (Å²) in [5, 5.41) is 10.3. The maximum Gasteiger partial charge on any atom is 0.121 e. The molecular formula is C25H27BrO. The van der Waals surface area contributed by atoms with E-state index in [-0.39, 0.29) is 0 Å². The van der Waals surface area contributed by atoms with Crippen LogP contribution in [0, 0.1) is 37.5 Å². The Hall–Kier alpha value is -1.54. The van der Waals surface area contributed by atoms with Crippen LogP contribution in [0.3, 0.4) is 0 Å². The predicted octanol–water partition coefficient (Wildman–Crippen LogP) is 7.03. The van der Waals surface area contributed by atoms with Crippen molar-refractivity contribution in [3.05, 3.63) is 68.7 Å². The Bertz CT molecular complexity index is 869. The van der Waals surface area contributed by atoms with Gasteiger partial charge in [-0.25, -0.2) is 0 Å². The van der Waals surface area contributed by atoms with Gasteiger partial charge in [0, 0.05) is 4.47 Å². The molecular weight excluding hydrogens is 396 g/mol. The van der Waals surface area contributed by atoms with Crippen LogP contribution in [0.4, 0.5) is 0 Å². The third kappa shape index (κ3) is 2.97. The molecule has 0 aromatic heterocycles. The molecule has 0 radical (unpaired) electrons. The highest BCUT2D eigenvalue weighted by Crippen LogP contribution is 2.58. The Balaban J connectivity index is 1.73. The number of rotatable bonds is 2. The number of phenols is 1. The van der Waals surface area contributed by atoms with Crippen LogP contribution in [0.15, 0.2) is 46.4 Å². The highest BCUT2D eigenvalue weighted by Gasteiger charge is 2.46. The molecule has 2 aromatic carbocycles. The number of phenolic OH excluding ortho intramolecular Hbond substituents is 1. The molecule has 0 atom stereocenters. The molecule has 0 aliphatic heterocycles. The van der Waals surface area contributed by atoms with Gasteiger partial charge in [-0.1, -0.05) is 33.6 Å². The van der Waals surface area contributed by atoms with Crippen molar-refractivity contribution in [2.75, 3.05) is 0 Å². The quantitative estimate of drug-likeness (QED) is 0.550. The van der Waals surface area contributed by atoms with Gasteiger partial charge in [0.05, 0.1) is 0 Å². The lowest BCUT2D eigenvalue weighted by molar-refractivity contribution is 0.0705. The number of halogens is 1. The Kier molecular flexibility index (Phi) is 4.23. The fourth-order valence-electron chi connectivity index (χ4n) is 6.32. The lowest BCUT2D eigenvalue weighted by atomic mass is 9.53. The summed E-state index contributed by atoms with van der Waals surface area (Å²) in [6, 6.07) is 13.2. The molecule has 4 fully saturated rings. The number of hydrogen-bond donors (Lipinski definition) is 1. The number of aryl methyl sites for hydroxylation is 2. The second-order valence-corrected chi connectivity index (χ2v) is 10.0. The van der Waals surface area contributed by atoms with Crippen molar-refractivity contribution >= 4 is 21.5 Å². The zero-order chi connectivity index (χ0) is 18.7. The van der Waals surface area contributed by atoms with Gasteiger partial charge in [0.15, 0.2) is 0 Å². The van der Waals surface area contributed by atoms with Crippen molar-refractivity contribution in [2.24, 2.45) is 23.7 Å². The minimum absolute atomic E-state index is 0.434. The first kappa shape index (κ1) is 17.6. The van der Waals surface area contributed by atoms with E-state index in [9.17, 15) is 5.11 Å². The van der Waals surface area contributed by atoms with E-state index in [1.807, 2.05) is 13.8 Å². The zero-order valence-electron chi connectivity index (χ0n) is 16.1. The molecule has 0 spiro atoms. The first-order valence-corrected chi connectivity index (χ1v) is 11.1. The van der Waals surface area contributed by atoms with E-state index >= 15 is 0 Å². The minimum Gasteiger partial charge on any atom is -0.507 e. The van der Waals surface area contributed by atoms with Gasteiger partial charge in [-0.15, -0.1) is 0 Å². The molecule has 1 nitrogen and oxygen atoms in total. The number of aromatic hydroxyl groups is 1. The van der Waals surface area contributed by atoms with Crippen LogP contribution in [0.1, 0.15) is 54.4 Å². The number of allylic oxidation sites excluding steroid dienone is 1. The highest BCUT2D eigenvalue weighted by molar-refractivity contribution is 9.10. The van der Waals surface area contributed by atoms with Gasteiger partial charge in [-0.05, 0) is 122 Å². The topological polar surface area (TPSA) is 20.2 Å². The lowest BCUT2D eigenvalue weighted by Crippen LogP contribution is -2.40. The van der Waals surface area contributed by atoms with E-state index in [0.717, 1.165) is 39.3 Å². The fourth-order valence-corrected chi connectivity index (χ4v) is 6.58. The molecule has 0 unspecified atom stereocenters. The molecule has 0 heterocycles. The lowest BCUT2D eigenvalue weighted by Gasteiger charge is -2.52. The van der Waals surface area contributed by atoms with E-state index in [1.54, 1.807) is 5.57 Å². The second-order valence-electron chi connectivity index (χ2n) is 9.10. The Labute approximate surface area is 170 Å². The molecule has 4 bridgehead atoms. The third-order valence-corrected chi connectivity index (χ3v) is 7.75. The van der Waals surface area contributed by atoms with Crippen LogP contribution in [0.25, 0.3) is 5.57 Å². The van der Waals surface area contributed by atoms with Gasteiger partial charge in [-0.3, -0.25) is 0 Å². The van der Waals surface area contributed by atoms with E-state index in [4.69, 9.17) is 0 Å². The third-order valence-electron chi connectivity index (χ3n) is 7.22. The van der Waals surface area contributed by atoms with Gasteiger partial charge in [0.2, 0.25) is 0 Å². The van der Waals surface area contributed by atoms with E-state index in [1.165, 1.54) is 48.8 Å². The Morgan fingerprint density at radius 3 is 1.85 bits per heavy atom. The van der Waals surface area contributed by atoms with Crippen LogP contribution in [0.5, 0.6) is 5.75 Å². The molecule has 0 amide bonds. The normalized spacial score (nSPS) is 28.6. The summed E-state index contributed by atoms with van der Waals surface area (Å²) in [7, 11) is 0. The monoisotopic (exact) mass is 422 g/mol. The number of hydrogen-bond acceptors (Lipinski definition) is 1. The maximum atomic E-state index is 10.3. The summed E-state index contributed by atoms with van der Waals surface area (Å²) in [5.74, 6) is 3.88. The average Bonchev–Trinajstić information content (AvgIpc) is 2.63. The fraction of sp³-hybridized carbons (Fsp3) is 0.440. The summed E-state index contributed by atoms with van der Waals surface area (Å²) in [4.78, 5) is 0. The Morgan fingerprint density at radius 1 is 0.815 bits per heavy atom. The summed E-state index contributed by atoms with van der Waals surface area (Å²) in [6.45, 7) is 4.04. The highest BCUT2D eigenvalue weighted by atomic mass is 79.9. The number of benzene rings is 2. The van der Waals surface area contributed by atoms with Crippen LogP contribution < -0.4 is 0 Å². The Morgan fingerprint density at radius 2 is 1.33 bits per heavy atom. The smallest absolute Gasteiger partial charge is 0.121 e. The summed E-state index contributed by atoms with van der Waals surface area (Å²) >= 11 is 3.59. The predicted molar refractivity (Wildman–Crippen MR) is 115 cm³/mol. The minimum atomic E-state index is 0.434. The van der Waals surface area contributed by atoms with Gasteiger partial charge in [-0.2, -0.15) is 0 Å². The standard InChI is InChI=1S/C25H27BrO/c1-14-7-19(8-15(2)25(14)27)23(18-3-5-22(26)6-4-18)24-20-10-16-9-17(12-20)13-21(24)11-16/h3-8,16-17,20-21,27H,9-13H2,1-2H3/t16?,17?,20-,21-. The summed E-state index contributed by atoms with van der Waals surface area (Å²) < 4.78 is 1.12. The van der Waals surface area contributed by atoms with Crippen LogP contribution in [0.2, 0.25) is 0 Å².